The first-order chi connectivity index (χ1) is 10.6. The van der Waals surface area contributed by atoms with Crippen molar-refractivity contribution >= 4 is 11.9 Å². The van der Waals surface area contributed by atoms with Gasteiger partial charge in [0.15, 0.2) is 0 Å². The molecule has 2 aliphatic rings. The second-order valence-corrected chi connectivity index (χ2v) is 6.04. The fourth-order valence-electron chi connectivity index (χ4n) is 3.29. The van der Waals surface area contributed by atoms with Crippen LogP contribution in [0, 0.1) is 0 Å². The molecule has 5 heteroatoms. The SMILES string of the molecule is O=C(O)[C@@H]1Cc2ccccc2CN1C(=O)C[C@@H]1CCCCO1. The van der Waals surface area contributed by atoms with Crippen LogP contribution >= 0.6 is 0 Å². The topological polar surface area (TPSA) is 66.8 Å². The zero-order chi connectivity index (χ0) is 15.5. The second-order valence-electron chi connectivity index (χ2n) is 6.04. The Morgan fingerprint density at radius 3 is 2.68 bits per heavy atom. The quantitative estimate of drug-likeness (QED) is 0.927. The molecule has 1 fully saturated rings. The molecule has 0 saturated carbocycles. The number of carbonyl (C=O) groups is 2. The highest BCUT2D eigenvalue weighted by Gasteiger charge is 2.35. The first-order valence-electron chi connectivity index (χ1n) is 7.86. The minimum Gasteiger partial charge on any atom is -0.480 e. The fourth-order valence-corrected chi connectivity index (χ4v) is 3.29. The van der Waals surface area contributed by atoms with Crippen molar-refractivity contribution < 1.29 is 19.4 Å². The predicted octanol–water partition coefficient (Wildman–Crippen LogP) is 1.98. The van der Waals surface area contributed by atoms with Crippen molar-refractivity contribution in [2.24, 2.45) is 0 Å². The van der Waals surface area contributed by atoms with Gasteiger partial charge in [0, 0.05) is 19.6 Å². The molecule has 1 saturated heterocycles. The van der Waals surface area contributed by atoms with E-state index in [4.69, 9.17) is 4.74 Å². The minimum absolute atomic E-state index is 0.0622. The number of nitrogens with zero attached hydrogens (tertiary/aromatic N) is 1. The highest BCUT2D eigenvalue weighted by molar-refractivity contribution is 5.84. The van der Waals surface area contributed by atoms with Gasteiger partial charge in [0.25, 0.3) is 0 Å². The van der Waals surface area contributed by atoms with Gasteiger partial charge in [0.2, 0.25) is 5.91 Å². The second kappa shape index (κ2) is 6.48. The smallest absolute Gasteiger partial charge is 0.326 e. The van der Waals surface area contributed by atoms with E-state index in [0.717, 1.165) is 30.4 Å². The molecule has 0 spiro atoms. The Morgan fingerprint density at radius 1 is 1.23 bits per heavy atom. The maximum atomic E-state index is 12.6. The molecular weight excluding hydrogens is 282 g/mol. The van der Waals surface area contributed by atoms with Crippen LogP contribution in [0.1, 0.15) is 36.8 Å². The van der Waals surface area contributed by atoms with Crippen LogP contribution in [0.4, 0.5) is 0 Å². The summed E-state index contributed by atoms with van der Waals surface area (Å²) in [4.78, 5) is 25.6. The minimum atomic E-state index is -0.938. The van der Waals surface area contributed by atoms with Crippen molar-refractivity contribution in [2.45, 2.75) is 50.8 Å². The highest BCUT2D eigenvalue weighted by atomic mass is 16.5. The lowest BCUT2D eigenvalue weighted by Gasteiger charge is -2.35. The lowest BCUT2D eigenvalue weighted by atomic mass is 9.93. The maximum Gasteiger partial charge on any atom is 0.326 e. The van der Waals surface area contributed by atoms with Gasteiger partial charge in [0.1, 0.15) is 6.04 Å². The van der Waals surface area contributed by atoms with E-state index in [1.165, 1.54) is 4.90 Å². The number of carbonyl (C=O) groups excluding carboxylic acids is 1. The molecule has 1 aromatic rings. The molecule has 118 valence electrons. The molecule has 3 rings (SSSR count). The summed E-state index contributed by atoms with van der Waals surface area (Å²) >= 11 is 0. The Labute approximate surface area is 129 Å². The van der Waals surface area contributed by atoms with E-state index in [0.29, 0.717) is 19.6 Å². The third-order valence-corrected chi connectivity index (χ3v) is 4.53. The number of hydrogen-bond donors (Lipinski definition) is 1. The number of ether oxygens (including phenoxy) is 1. The molecule has 0 aliphatic carbocycles. The maximum absolute atomic E-state index is 12.6. The Balaban J connectivity index is 1.75. The monoisotopic (exact) mass is 303 g/mol. The van der Waals surface area contributed by atoms with Crippen LogP contribution in [-0.2, 0) is 27.3 Å². The average Bonchev–Trinajstić information content (AvgIpc) is 2.54. The Kier molecular flexibility index (Phi) is 4.43. The summed E-state index contributed by atoms with van der Waals surface area (Å²) in [5, 5.41) is 9.46. The summed E-state index contributed by atoms with van der Waals surface area (Å²) in [5.74, 6) is -1.05. The zero-order valence-electron chi connectivity index (χ0n) is 12.5. The Morgan fingerprint density at radius 2 is 2.00 bits per heavy atom. The number of hydrogen-bond acceptors (Lipinski definition) is 3. The number of carboxylic acid groups (broad SMARTS) is 1. The van der Waals surface area contributed by atoms with Crippen LogP contribution in [0.25, 0.3) is 0 Å². The van der Waals surface area contributed by atoms with Crippen molar-refractivity contribution in [1.82, 2.24) is 4.90 Å². The predicted molar refractivity (Wildman–Crippen MR) is 80.3 cm³/mol. The molecule has 1 aromatic carbocycles. The molecule has 2 aliphatic heterocycles. The van der Waals surface area contributed by atoms with Crippen molar-refractivity contribution in [3.05, 3.63) is 35.4 Å². The summed E-state index contributed by atoms with van der Waals surface area (Å²) in [6.07, 6.45) is 3.60. The molecule has 2 atom stereocenters. The molecule has 0 radical (unpaired) electrons. The summed E-state index contributed by atoms with van der Waals surface area (Å²) in [6.45, 7) is 1.07. The third kappa shape index (κ3) is 3.14. The first-order valence-corrected chi connectivity index (χ1v) is 7.86. The molecule has 0 aromatic heterocycles. The van der Waals surface area contributed by atoms with Gasteiger partial charge in [-0.1, -0.05) is 24.3 Å². The van der Waals surface area contributed by atoms with Gasteiger partial charge in [0.05, 0.1) is 12.5 Å². The molecule has 22 heavy (non-hydrogen) atoms. The molecule has 0 unspecified atom stereocenters. The van der Waals surface area contributed by atoms with Gasteiger partial charge in [-0.25, -0.2) is 4.79 Å². The largest absolute Gasteiger partial charge is 0.480 e. The summed E-state index contributed by atoms with van der Waals surface area (Å²) in [6, 6.07) is 6.96. The van der Waals surface area contributed by atoms with Gasteiger partial charge < -0.3 is 14.7 Å². The summed E-state index contributed by atoms with van der Waals surface area (Å²) in [5.41, 5.74) is 2.06. The average molecular weight is 303 g/mol. The molecule has 2 heterocycles. The van der Waals surface area contributed by atoms with E-state index in [9.17, 15) is 14.7 Å². The van der Waals surface area contributed by atoms with Crippen LogP contribution in [-0.4, -0.2) is 40.6 Å². The third-order valence-electron chi connectivity index (χ3n) is 4.53. The fraction of sp³-hybridized carbons (Fsp3) is 0.529. The van der Waals surface area contributed by atoms with Crippen LogP contribution in [0.2, 0.25) is 0 Å². The Bertz CT molecular complexity index is 566. The van der Waals surface area contributed by atoms with Crippen LogP contribution in [0.3, 0.4) is 0 Å². The lowest BCUT2D eigenvalue weighted by molar-refractivity contribution is -0.153. The van der Waals surface area contributed by atoms with Crippen molar-refractivity contribution in [1.29, 1.82) is 0 Å². The van der Waals surface area contributed by atoms with Gasteiger partial charge >= 0.3 is 5.97 Å². The van der Waals surface area contributed by atoms with E-state index >= 15 is 0 Å². The van der Waals surface area contributed by atoms with Gasteiger partial charge in [-0.15, -0.1) is 0 Å². The number of aliphatic carboxylic acids is 1. The number of rotatable bonds is 3. The molecule has 0 bridgehead atoms. The van der Waals surface area contributed by atoms with Crippen LogP contribution < -0.4 is 0 Å². The number of fused-ring (bicyclic) bond motifs is 1. The number of carboxylic acids is 1. The van der Waals surface area contributed by atoms with E-state index < -0.39 is 12.0 Å². The lowest BCUT2D eigenvalue weighted by Crippen LogP contribution is -2.49. The molecular formula is C17H21NO4. The molecule has 5 nitrogen and oxygen atoms in total. The van der Waals surface area contributed by atoms with Crippen molar-refractivity contribution in [2.75, 3.05) is 6.61 Å². The normalized spacial score (nSPS) is 24.6. The van der Waals surface area contributed by atoms with Crippen molar-refractivity contribution in [3.63, 3.8) is 0 Å². The van der Waals surface area contributed by atoms with Crippen molar-refractivity contribution in [3.8, 4) is 0 Å². The molecule has 1 amide bonds. The summed E-state index contributed by atoms with van der Waals surface area (Å²) in [7, 11) is 0. The number of benzene rings is 1. The zero-order valence-corrected chi connectivity index (χ0v) is 12.5. The standard InChI is InChI=1S/C17H21NO4/c19-16(10-14-7-3-4-8-22-14)18-11-13-6-2-1-5-12(13)9-15(18)17(20)21/h1-2,5-6,14-15H,3-4,7-11H2,(H,20,21)/t14-,15-/m0/s1. The summed E-state index contributed by atoms with van der Waals surface area (Å²) < 4.78 is 5.61. The molecule has 1 N–H and O–H groups in total. The van der Waals surface area contributed by atoms with E-state index in [1.807, 2.05) is 24.3 Å². The van der Waals surface area contributed by atoms with Gasteiger partial charge in [-0.2, -0.15) is 0 Å². The number of amides is 1. The van der Waals surface area contributed by atoms with Crippen LogP contribution in [0.5, 0.6) is 0 Å². The van der Waals surface area contributed by atoms with Crippen LogP contribution in [0.15, 0.2) is 24.3 Å². The first kappa shape index (κ1) is 15.0. The van der Waals surface area contributed by atoms with E-state index in [2.05, 4.69) is 0 Å². The van der Waals surface area contributed by atoms with Gasteiger partial charge in [-0.3, -0.25) is 4.79 Å². The van der Waals surface area contributed by atoms with E-state index in [-0.39, 0.29) is 18.4 Å². The van der Waals surface area contributed by atoms with E-state index in [1.54, 1.807) is 0 Å². The highest BCUT2D eigenvalue weighted by Crippen LogP contribution is 2.25. The Hall–Kier alpha value is -1.88. The van der Waals surface area contributed by atoms with Gasteiger partial charge in [-0.05, 0) is 30.4 Å².